The fraction of sp³-hybridized carbons (Fsp3) is 0.842. The second kappa shape index (κ2) is 7.07. The molecule has 3 nitrogen and oxygen atoms in total. The van der Waals surface area contributed by atoms with Crippen LogP contribution in [-0.2, 0) is 8.85 Å². The minimum absolute atomic E-state index is 0.00844. The van der Waals surface area contributed by atoms with Gasteiger partial charge >= 0.3 is 0 Å². The lowest BCUT2D eigenvalue weighted by Gasteiger charge is -2.46. The van der Waals surface area contributed by atoms with Gasteiger partial charge in [-0.05, 0) is 42.7 Å². The van der Waals surface area contributed by atoms with Crippen LogP contribution in [0.4, 0.5) is 0 Å². The fourth-order valence-electron chi connectivity index (χ4n) is 2.27. The van der Waals surface area contributed by atoms with Gasteiger partial charge in [-0.3, -0.25) is 0 Å². The maximum Gasteiger partial charge on any atom is 0.192 e. The summed E-state index contributed by atoms with van der Waals surface area (Å²) in [6, 6.07) is 0. The Bertz CT molecular complexity index is 519. The quantitative estimate of drug-likeness (QED) is 0.426. The second-order valence-electron chi connectivity index (χ2n) is 10.1. The molecule has 0 heterocycles. The van der Waals surface area contributed by atoms with E-state index in [4.69, 9.17) is 15.4 Å². The molecule has 0 aromatic heterocycles. The Balaban J connectivity index is 3.05. The first-order valence-electron chi connectivity index (χ1n) is 9.03. The van der Waals surface area contributed by atoms with Crippen molar-refractivity contribution in [2.24, 2.45) is 0 Å². The molecule has 0 N–H and O–H groups in total. The Morgan fingerprint density at radius 1 is 0.917 bits per heavy atom. The highest BCUT2D eigenvalue weighted by Gasteiger charge is 2.45. The van der Waals surface area contributed by atoms with E-state index in [0.717, 1.165) is 12.1 Å². The topological polar surface area (TPSA) is 22.8 Å². The average Bonchev–Trinajstić information content (AvgIpc) is 2.37. The van der Waals surface area contributed by atoms with E-state index in [1.54, 1.807) is 0 Å². The van der Waals surface area contributed by atoms with E-state index in [0.29, 0.717) is 6.42 Å². The Morgan fingerprint density at radius 2 is 1.33 bits per heavy atom. The molecule has 0 saturated heterocycles. The second-order valence-corrected chi connectivity index (χ2v) is 19.6. The van der Waals surface area contributed by atoms with Crippen LogP contribution in [0.15, 0.2) is 11.8 Å². The summed E-state index contributed by atoms with van der Waals surface area (Å²) >= 11 is 0. The minimum atomic E-state index is -1.89. The van der Waals surface area contributed by atoms with Crippen molar-refractivity contribution < 1.29 is 8.85 Å². The molecule has 2 atom stereocenters. The van der Waals surface area contributed by atoms with E-state index in [1.807, 2.05) is 0 Å². The smallest absolute Gasteiger partial charge is 0.192 e. The Labute approximate surface area is 151 Å². The van der Waals surface area contributed by atoms with Crippen molar-refractivity contribution in [2.75, 3.05) is 0 Å². The maximum atomic E-state index is 7.37. The van der Waals surface area contributed by atoms with Crippen LogP contribution >= 0.6 is 0 Å². The molecule has 24 heavy (non-hydrogen) atoms. The standard InChI is InChI=1S/C19H37NO2Si2/c1-18(2,3)23(8,9)21-16-13-12-15(20-7)14-17(16)22-24(10,11)19(4,5)6/h12,16-17H,13-14H2,1-6,8-11H3/t16-,17-/m1/s1. The van der Waals surface area contributed by atoms with E-state index in [2.05, 4.69) is 78.7 Å². The lowest BCUT2D eigenvalue weighted by atomic mass is 9.99. The lowest BCUT2D eigenvalue weighted by molar-refractivity contribution is 0.0328. The van der Waals surface area contributed by atoms with Gasteiger partial charge in [0.05, 0.1) is 18.8 Å². The molecule has 1 aliphatic rings. The van der Waals surface area contributed by atoms with Crippen LogP contribution in [0.25, 0.3) is 4.85 Å². The summed E-state index contributed by atoms with van der Waals surface area (Å²) in [5.41, 5.74) is 0.828. The molecule has 0 bridgehead atoms. The molecule has 1 rings (SSSR count). The van der Waals surface area contributed by atoms with E-state index in [-0.39, 0.29) is 22.3 Å². The molecular weight excluding hydrogens is 330 g/mol. The van der Waals surface area contributed by atoms with Crippen molar-refractivity contribution in [1.82, 2.24) is 0 Å². The van der Waals surface area contributed by atoms with Crippen LogP contribution in [0.1, 0.15) is 54.4 Å². The van der Waals surface area contributed by atoms with Crippen LogP contribution in [0.2, 0.25) is 36.3 Å². The Kier molecular flexibility index (Phi) is 6.37. The van der Waals surface area contributed by atoms with Crippen molar-refractivity contribution >= 4 is 16.6 Å². The molecule has 0 amide bonds. The molecule has 0 fully saturated rings. The molecule has 0 spiro atoms. The van der Waals surface area contributed by atoms with E-state index < -0.39 is 16.6 Å². The van der Waals surface area contributed by atoms with Crippen molar-refractivity contribution in [1.29, 1.82) is 0 Å². The summed E-state index contributed by atoms with van der Waals surface area (Å²) < 4.78 is 13.4. The third-order valence-corrected chi connectivity index (χ3v) is 15.1. The first kappa shape index (κ1) is 21.6. The Morgan fingerprint density at radius 3 is 1.71 bits per heavy atom. The van der Waals surface area contributed by atoms with Crippen LogP contribution in [0.3, 0.4) is 0 Å². The van der Waals surface area contributed by atoms with Gasteiger partial charge in [-0.25, -0.2) is 4.85 Å². The first-order chi connectivity index (χ1) is 10.6. The van der Waals surface area contributed by atoms with Gasteiger partial charge in [-0.15, -0.1) is 0 Å². The number of rotatable bonds is 4. The summed E-state index contributed by atoms with van der Waals surface area (Å²) in [4.78, 5) is 3.67. The Hall–Kier alpha value is -0.416. The summed E-state index contributed by atoms with van der Waals surface area (Å²) in [6.45, 7) is 30.1. The van der Waals surface area contributed by atoms with Gasteiger partial charge < -0.3 is 8.85 Å². The molecule has 0 aliphatic heterocycles. The third-order valence-electron chi connectivity index (χ3n) is 6.06. The van der Waals surface area contributed by atoms with Gasteiger partial charge in [0, 0.05) is 6.42 Å². The number of hydrogen-bond donors (Lipinski definition) is 0. The summed E-state index contributed by atoms with van der Waals surface area (Å²) in [6.07, 6.45) is 3.62. The van der Waals surface area contributed by atoms with Crippen LogP contribution < -0.4 is 0 Å². The highest BCUT2D eigenvalue weighted by atomic mass is 28.4. The first-order valence-corrected chi connectivity index (χ1v) is 14.8. The van der Waals surface area contributed by atoms with Gasteiger partial charge in [0.1, 0.15) is 0 Å². The monoisotopic (exact) mass is 367 g/mol. The number of hydrogen-bond acceptors (Lipinski definition) is 2. The summed E-state index contributed by atoms with van der Waals surface area (Å²) in [5.74, 6) is 0. The van der Waals surface area contributed by atoms with Crippen molar-refractivity contribution in [3.05, 3.63) is 23.2 Å². The molecule has 0 radical (unpaired) electrons. The van der Waals surface area contributed by atoms with Gasteiger partial charge in [-0.1, -0.05) is 47.6 Å². The van der Waals surface area contributed by atoms with Crippen LogP contribution in [0, 0.1) is 6.57 Å². The summed E-state index contributed by atoms with van der Waals surface area (Å²) in [5, 5.41) is 0.340. The third kappa shape index (κ3) is 5.04. The molecule has 5 heteroatoms. The zero-order valence-electron chi connectivity index (χ0n) is 17.4. The SMILES string of the molecule is [C-]#[N+]C1=CC[C@@H](O[Si](C)(C)C(C)(C)C)[C@H](O[Si](C)(C)C(C)(C)C)C1. The number of nitrogens with zero attached hydrogens (tertiary/aromatic N) is 1. The molecule has 0 aromatic rings. The largest absolute Gasteiger partial charge is 0.412 e. The van der Waals surface area contributed by atoms with Gasteiger partial charge in [-0.2, -0.15) is 0 Å². The summed E-state index contributed by atoms with van der Waals surface area (Å²) in [7, 11) is -3.75. The zero-order valence-corrected chi connectivity index (χ0v) is 19.4. The molecule has 0 unspecified atom stereocenters. The lowest BCUT2D eigenvalue weighted by Crippen LogP contribution is -2.52. The normalized spacial score (nSPS) is 23.6. The van der Waals surface area contributed by atoms with Gasteiger partial charge in [0.15, 0.2) is 22.3 Å². The zero-order chi connectivity index (χ0) is 19.0. The molecule has 1 aliphatic carbocycles. The predicted octanol–water partition coefficient (Wildman–Crippen LogP) is 6.36. The van der Waals surface area contributed by atoms with Crippen LogP contribution in [-0.4, -0.2) is 28.8 Å². The maximum absolute atomic E-state index is 7.37. The highest BCUT2D eigenvalue weighted by Crippen LogP contribution is 2.42. The van der Waals surface area contributed by atoms with E-state index in [9.17, 15) is 0 Å². The highest BCUT2D eigenvalue weighted by molar-refractivity contribution is 6.74. The average molecular weight is 368 g/mol. The molecule has 0 saturated carbocycles. The van der Waals surface area contributed by atoms with Crippen molar-refractivity contribution in [3.63, 3.8) is 0 Å². The minimum Gasteiger partial charge on any atom is -0.412 e. The predicted molar refractivity (Wildman–Crippen MR) is 108 cm³/mol. The van der Waals surface area contributed by atoms with Gasteiger partial charge in [0.25, 0.3) is 0 Å². The van der Waals surface area contributed by atoms with Crippen molar-refractivity contribution in [2.45, 2.75) is 103 Å². The molecule has 138 valence electrons. The fourth-order valence-corrected chi connectivity index (χ4v) is 4.97. The van der Waals surface area contributed by atoms with E-state index in [1.165, 1.54) is 0 Å². The van der Waals surface area contributed by atoms with Gasteiger partial charge in [0.2, 0.25) is 0 Å². The van der Waals surface area contributed by atoms with Crippen molar-refractivity contribution in [3.8, 4) is 0 Å². The molecule has 0 aromatic carbocycles. The molecular formula is C19H37NO2Si2. The van der Waals surface area contributed by atoms with Crippen LogP contribution in [0.5, 0.6) is 0 Å². The van der Waals surface area contributed by atoms with E-state index >= 15 is 0 Å².